The van der Waals surface area contributed by atoms with Gasteiger partial charge in [0, 0.05) is 6.42 Å². The van der Waals surface area contributed by atoms with Crippen LogP contribution in [-0.4, -0.2) is 60.3 Å². The molecule has 50 heavy (non-hydrogen) atoms. The van der Waals surface area contributed by atoms with Crippen molar-refractivity contribution < 1.29 is 38.5 Å². The van der Waals surface area contributed by atoms with Gasteiger partial charge in [-0.15, -0.1) is 13.2 Å². The van der Waals surface area contributed by atoms with E-state index in [0.29, 0.717) is 18.8 Å². The number of aliphatic hydroxyl groups is 1. The van der Waals surface area contributed by atoms with Crippen molar-refractivity contribution in [2.45, 2.75) is 64.0 Å². The summed E-state index contributed by atoms with van der Waals surface area (Å²) in [5.41, 5.74) is 2.75. The molecule has 0 heterocycles. The summed E-state index contributed by atoms with van der Waals surface area (Å²) in [6.07, 6.45) is 2.09. The first-order chi connectivity index (χ1) is 24.2. The van der Waals surface area contributed by atoms with E-state index in [1.54, 1.807) is 13.0 Å². The molecule has 0 aliphatic carbocycles. The highest BCUT2D eigenvalue weighted by Crippen LogP contribution is 2.16. The van der Waals surface area contributed by atoms with Gasteiger partial charge in [0.05, 0.1) is 25.1 Å². The number of ether oxygens (including phenoxy) is 3. The maximum absolute atomic E-state index is 13.0. The molecule has 0 bridgehead atoms. The average molecular weight is 686 g/mol. The van der Waals surface area contributed by atoms with Gasteiger partial charge in [-0.3, -0.25) is 9.59 Å². The maximum Gasteiger partial charge on any atom is 0.408 e. The minimum absolute atomic E-state index is 0.0244. The predicted molar refractivity (Wildman–Crippen MR) is 190 cm³/mol. The molecule has 0 spiro atoms. The van der Waals surface area contributed by atoms with Crippen molar-refractivity contribution >= 4 is 23.9 Å². The fourth-order valence-corrected chi connectivity index (χ4v) is 4.90. The van der Waals surface area contributed by atoms with Gasteiger partial charge < -0.3 is 35.3 Å². The van der Waals surface area contributed by atoms with Crippen molar-refractivity contribution in [2.24, 2.45) is 5.92 Å². The van der Waals surface area contributed by atoms with Crippen LogP contribution in [0.2, 0.25) is 0 Å². The highest BCUT2D eigenvalue weighted by molar-refractivity contribution is 5.86. The summed E-state index contributed by atoms with van der Waals surface area (Å²) in [4.78, 5) is 51.0. The van der Waals surface area contributed by atoms with Crippen molar-refractivity contribution in [2.75, 3.05) is 13.2 Å². The SMILES string of the molecule is C=CC[C@H](CC(=O)N[C@H](CO)Cc1ccc(OCc2ccccc2)cc1)C(=O)NC[C@H](C)OC(=O)[C@@H](CC=C)NC(=O)OCc1ccccc1. The zero-order chi connectivity index (χ0) is 36.1. The van der Waals surface area contributed by atoms with E-state index < -0.39 is 48.0 Å². The Balaban J connectivity index is 1.43. The van der Waals surface area contributed by atoms with Gasteiger partial charge in [0.25, 0.3) is 0 Å². The Morgan fingerprint density at radius 3 is 2.02 bits per heavy atom. The molecule has 0 aliphatic heterocycles. The molecule has 0 saturated heterocycles. The molecule has 0 unspecified atom stereocenters. The number of carbonyl (C=O) groups is 4. The number of esters is 1. The number of carbonyl (C=O) groups excluding carboxylic acids is 4. The zero-order valence-corrected chi connectivity index (χ0v) is 28.4. The number of allylic oxidation sites excluding steroid dienone is 1. The molecule has 3 aromatic carbocycles. The summed E-state index contributed by atoms with van der Waals surface area (Å²) in [6, 6.07) is 24.8. The number of alkyl carbamates (subject to hydrolysis) is 1. The minimum Gasteiger partial charge on any atom is -0.489 e. The van der Waals surface area contributed by atoms with Crippen molar-refractivity contribution in [3.05, 3.63) is 127 Å². The lowest BCUT2D eigenvalue weighted by Gasteiger charge is -2.22. The average Bonchev–Trinajstić information content (AvgIpc) is 3.12. The number of benzene rings is 3. The number of nitrogens with one attached hydrogen (secondary N) is 3. The van der Waals surface area contributed by atoms with Crippen LogP contribution in [0.3, 0.4) is 0 Å². The standard InChI is InChI=1S/C39H47N3O8/c1-4-12-32(23-36(44)41-33(25-43)22-29-18-20-34(21-19-29)48-26-30-14-8-6-9-15-30)37(45)40-24-28(3)50-38(46)35(13-5-2)42-39(47)49-27-31-16-10-7-11-17-31/h4-11,14-21,28,32-33,35,43H,1-2,12-13,22-27H2,3H3,(H,40,45)(H,41,44)(H,42,47)/t28-,32+,33-,35+/m0/s1. The second-order valence-corrected chi connectivity index (χ2v) is 11.8. The van der Waals surface area contributed by atoms with E-state index in [1.165, 1.54) is 6.08 Å². The molecular weight excluding hydrogens is 638 g/mol. The van der Waals surface area contributed by atoms with Gasteiger partial charge in [-0.25, -0.2) is 9.59 Å². The summed E-state index contributed by atoms with van der Waals surface area (Å²) in [6.45, 7) is 9.10. The third kappa shape index (κ3) is 14.4. The van der Waals surface area contributed by atoms with Crippen molar-refractivity contribution in [3.8, 4) is 5.75 Å². The highest BCUT2D eigenvalue weighted by atomic mass is 16.6. The lowest BCUT2D eigenvalue weighted by molar-refractivity contribution is -0.151. The minimum atomic E-state index is -1.03. The normalized spacial score (nSPS) is 13.0. The second kappa shape index (κ2) is 21.5. The zero-order valence-electron chi connectivity index (χ0n) is 28.4. The summed E-state index contributed by atoms with van der Waals surface area (Å²) in [5.74, 6) is -1.55. The Kier molecular flexibility index (Phi) is 16.8. The Hall–Kier alpha value is -5.42. The van der Waals surface area contributed by atoms with Gasteiger partial charge in [-0.05, 0) is 55.0 Å². The third-order valence-electron chi connectivity index (χ3n) is 7.57. The van der Waals surface area contributed by atoms with Crippen molar-refractivity contribution in [1.29, 1.82) is 0 Å². The van der Waals surface area contributed by atoms with Crippen LogP contribution >= 0.6 is 0 Å². The van der Waals surface area contributed by atoms with E-state index in [9.17, 15) is 24.3 Å². The Morgan fingerprint density at radius 2 is 1.42 bits per heavy atom. The topological polar surface area (TPSA) is 152 Å². The van der Waals surface area contributed by atoms with Crippen LogP contribution in [0.15, 0.2) is 110 Å². The van der Waals surface area contributed by atoms with Crippen LogP contribution in [0.1, 0.15) is 42.9 Å². The van der Waals surface area contributed by atoms with Crippen molar-refractivity contribution in [1.82, 2.24) is 16.0 Å². The molecule has 0 aliphatic rings. The van der Waals surface area contributed by atoms with Gasteiger partial charge in [0.2, 0.25) is 11.8 Å². The molecule has 0 fully saturated rings. The highest BCUT2D eigenvalue weighted by Gasteiger charge is 2.26. The molecule has 3 amide bonds. The van der Waals surface area contributed by atoms with Crippen LogP contribution in [-0.2, 0) is 43.5 Å². The molecule has 11 heteroatoms. The summed E-state index contributed by atoms with van der Waals surface area (Å²) in [5, 5.41) is 18.0. The molecule has 0 radical (unpaired) electrons. The molecule has 0 saturated carbocycles. The van der Waals surface area contributed by atoms with Crippen LogP contribution in [0.25, 0.3) is 0 Å². The van der Waals surface area contributed by atoms with Crippen LogP contribution in [0.4, 0.5) is 4.79 Å². The van der Waals surface area contributed by atoms with E-state index in [4.69, 9.17) is 14.2 Å². The lowest BCUT2D eigenvalue weighted by Crippen LogP contribution is -2.45. The maximum atomic E-state index is 13.0. The van der Waals surface area contributed by atoms with E-state index in [1.807, 2.05) is 84.9 Å². The van der Waals surface area contributed by atoms with Gasteiger partial charge >= 0.3 is 12.1 Å². The summed E-state index contributed by atoms with van der Waals surface area (Å²) in [7, 11) is 0. The van der Waals surface area contributed by atoms with E-state index in [2.05, 4.69) is 29.1 Å². The van der Waals surface area contributed by atoms with Gasteiger partial charge in [-0.2, -0.15) is 0 Å². The predicted octanol–water partition coefficient (Wildman–Crippen LogP) is 4.79. The molecule has 11 nitrogen and oxygen atoms in total. The van der Waals surface area contributed by atoms with Crippen LogP contribution < -0.4 is 20.7 Å². The number of rotatable bonds is 21. The number of hydrogen-bond donors (Lipinski definition) is 4. The van der Waals surface area contributed by atoms with E-state index in [-0.39, 0.29) is 39.0 Å². The van der Waals surface area contributed by atoms with Gasteiger partial charge in [0.1, 0.15) is 31.1 Å². The number of amides is 3. The number of aliphatic hydroxyl groups excluding tert-OH is 1. The largest absolute Gasteiger partial charge is 0.489 e. The molecule has 4 atom stereocenters. The summed E-state index contributed by atoms with van der Waals surface area (Å²) >= 11 is 0. The van der Waals surface area contributed by atoms with Gasteiger partial charge in [-0.1, -0.05) is 84.9 Å². The summed E-state index contributed by atoms with van der Waals surface area (Å²) < 4.78 is 16.5. The molecule has 266 valence electrons. The first kappa shape index (κ1) is 39.0. The molecule has 3 rings (SSSR count). The smallest absolute Gasteiger partial charge is 0.408 e. The first-order valence-electron chi connectivity index (χ1n) is 16.5. The monoisotopic (exact) mass is 685 g/mol. The molecule has 4 N–H and O–H groups in total. The number of hydrogen-bond acceptors (Lipinski definition) is 8. The molecular formula is C39H47N3O8. The van der Waals surface area contributed by atoms with Crippen molar-refractivity contribution in [3.63, 3.8) is 0 Å². The fourth-order valence-electron chi connectivity index (χ4n) is 4.90. The van der Waals surface area contributed by atoms with Crippen LogP contribution in [0.5, 0.6) is 5.75 Å². The quantitative estimate of drug-likeness (QED) is 0.0924. The van der Waals surface area contributed by atoms with E-state index >= 15 is 0 Å². The lowest BCUT2D eigenvalue weighted by atomic mass is 9.99. The van der Waals surface area contributed by atoms with E-state index in [0.717, 1.165) is 16.7 Å². The van der Waals surface area contributed by atoms with Crippen LogP contribution in [0, 0.1) is 5.92 Å². The Morgan fingerprint density at radius 1 is 0.800 bits per heavy atom. The van der Waals surface area contributed by atoms with Gasteiger partial charge in [0.15, 0.2) is 0 Å². The fraction of sp³-hybridized carbons (Fsp3) is 0.333. The third-order valence-corrected chi connectivity index (χ3v) is 7.57. The first-order valence-corrected chi connectivity index (χ1v) is 16.5. The Bertz CT molecular complexity index is 1520. The molecule has 3 aromatic rings. The molecule has 0 aromatic heterocycles. The second-order valence-electron chi connectivity index (χ2n) is 11.8. The Labute approximate surface area is 293 Å².